The molecule has 0 amide bonds. The summed E-state index contributed by atoms with van der Waals surface area (Å²) in [4.78, 5) is 0.107. The van der Waals surface area contributed by atoms with Crippen molar-refractivity contribution in [3.63, 3.8) is 0 Å². The Balaban J connectivity index is 2.39. The van der Waals surface area contributed by atoms with Crippen LogP contribution in [0.5, 0.6) is 0 Å². The minimum Gasteiger partial charge on any atom is -0.225 e. The molecule has 0 aliphatic carbocycles. The summed E-state index contributed by atoms with van der Waals surface area (Å²) in [7, 11) is -3.63. The lowest BCUT2D eigenvalue weighted by atomic mass is 10.1. The van der Waals surface area contributed by atoms with Gasteiger partial charge in [0.2, 0.25) is 10.0 Å². The van der Waals surface area contributed by atoms with Crippen molar-refractivity contribution in [2.75, 3.05) is 0 Å². The molecule has 2 rings (SSSR count). The van der Waals surface area contributed by atoms with E-state index < -0.39 is 10.0 Å². The number of hydrogen-bond acceptors (Lipinski definition) is 2. The summed E-state index contributed by atoms with van der Waals surface area (Å²) in [5, 5.41) is 5.68. The Morgan fingerprint density at radius 2 is 1.24 bits per heavy atom. The quantitative estimate of drug-likeness (QED) is 0.909. The summed E-state index contributed by atoms with van der Waals surface area (Å²) in [5.41, 5.74) is 1.88. The van der Waals surface area contributed by atoms with Gasteiger partial charge in [0, 0.05) is 5.02 Å². The predicted molar refractivity (Wildman–Crippen MR) is 68.3 cm³/mol. The fourth-order valence-electron chi connectivity index (χ4n) is 1.48. The summed E-state index contributed by atoms with van der Waals surface area (Å²) in [6, 6.07) is 13.7. The topological polar surface area (TPSA) is 60.2 Å². The summed E-state index contributed by atoms with van der Waals surface area (Å²) >= 11 is 5.79. The van der Waals surface area contributed by atoms with Gasteiger partial charge in [0.1, 0.15) is 0 Å². The molecule has 0 bridgehead atoms. The van der Waals surface area contributed by atoms with Crippen LogP contribution in [0.4, 0.5) is 0 Å². The second kappa shape index (κ2) is 4.49. The second-order valence-corrected chi connectivity index (χ2v) is 5.57. The van der Waals surface area contributed by atoms with Gasteiger partial charge in [0.05, 0.1) is 4.90 Å². The van der Waals surface area contributed by atoms with Crippen molar-refractivity contribution in [1.29, 1.82) is 0 Å². The first-order valence-electron chi connectivity index (χ1n) is 4.85. The second-order valence-electron chi connectivity index (χ2n) is 3.58. The maximum atomic E-state index is 11.1. The summed E-state index contributed by atoms with van der Waals surface area (Å²) < 4.78 is 22.2. The number of hydrogen-bond donors (Lipinski definition) is 1. The number of benzene rings is 2. The van der Waals surface area contributed by atoms with E-state index in [-0.39, 0.29) is 4.90 Å². The van der Waals surface area contributed by atoms with Crippen LogP contribution in [0.25, 0.3) is 11.1 Å². The van der Waals surface area contributed by atoms with Gasteiger partial charge in [0.15, 0.2) is 0 Å². The molecule has 0 aliphatic rings. The zero-order chi connectivity index (χ0) is 12.5. The van der Waals surface area contributed by atoms with Crippen LogP contribution in [-0.4, -0.2) is 8.42 Å². The lowest BCUT2D eigenvalue weighted by Crippen LogP contribution is -2.11. The summed E-state index contributed by atoms with van der Waals surface area (Å²) in [6.45, 7) is 0. The SMILES string of the molecule is NS(=O)(=O)c1ccc(-c2ccc(Cl)cc2)cc1. The molecule has 0 radical (unpaired) electrons. The number of sulfonamides is 1. The van der Waals surface area contributed by atoms with Crippen molar-refractivity contribution in [1.82, 2.24) is 0 Å². The molecule has 0 heterocycles. The molecule has 0 saturated carbocycles. The third kappa shape index (κ3) is 2.85. The largest absolute Gasteiger partial charge is 0.238 e. The lowest BCUT2D eigenvalue weighted by Gasteiger charge is -2.03. The standard InChI is InChI=1S/C12H10ClNO2S/c13-11-5-1-9(2-6-11)10-3-7-12(8-4-10)17(14,15)16/h1-8H,(H2,14,15,16). The molecule has 3 nitrogen and oxygen atoms in total. The van der Waals surface area contributed by atoms with Crippen LogP contribution in [-0.2, 0) is 10.0 Å². The van der Waals surface area contributed by atoms with E-state index in [1.165, 1.54) is 12.1 Å². The van der Waals surface area contributed by atoms with E-state index in [9.17, 15) is 8.42 Å². The van der Waals surface area contributed by atoms with E-state index in [1.54, 1.807) is 24.3 Å². The fraction of sp³-hybridized carbons (Fsp3) is 0. The first-order valence-corrected chi connectivity index (χ1v) is 6.78. The predicted octanol–water partition coefficient (Wildman–Crippen LogP) is 2.65. The third-order valence-corrected chi connectivity index (χ3v) is 3.54. The molecule has 5 heteroatoms. The van der Waals surface area contributed by atoms with E-state index >= 15 is 0 Å². The van der Waals surface area contributed by atoms with Crippen LogP contribution in [0.3, 0.4) is 0 Å². The van der Waals surface area contributed by atoms with Crippen molar-refractivity contribution >= 4 is 21.6 Å². The summed E-state index contributed by atoms with van der Waals surface area (Å²) in [6.07, 6.45) is 0. The van der Waals surface area contributed by atoms with Crippen LogP contribution in [0.2, 0.25) is 5.02 Å². The van der Waals surface area contributed by atoms with Crippen molar-refractivity contribution < 1.29 is 8.42 Å². The van der Waals surface area contributed by atoms with Crippen LogP contribution in [0, 0.1) is 0 Å². The Bertz CT molecular complexity index is 619. The smallest absolute Gasteiger partial charge is 0.225 e. The van der Waals surface area contributed by atoms with Crippen LogP contribution >= 0.6 is 11.6 Å². The van der Waals surface area contributed by atoms with Crippen molar-refractivity contribution in [3.05, 3.63) is 53.6 Å². The first kappa shape index (κ1) is 12.1. The molecule has 0 aromatic heterocycles. The van der Waals surface area contributed by atoms with Crippen molar-refractivity contribution in [3.8, 4) is 11.1 Å². The molecular weight excluding hydrogens is 258 g/mol. The molecule has 17 heavy (non-hydrogen) atoms. The highest BCUT2D eigenvalue weighted by molar-refractivity contribution is 7.89. The Labute approximate surface area is 105 Å². The van der Waals surface area contributed by atoms with Crippen LogP contribution in [0.1, 0.15) is 0 Å². The van der Waals surface area contributed by atoms with E-state index in [4.69, 9.17) is 16.7 Å². The Hall–Kier alpha value is -1.36. The van der Waals surface area contributed by atoms with Gasteiger partial charge in [-0.3, -0.25) is 0 Å². The monoisotopic (exact) mass is 267 g/mol. The normalized spacial score (nSPS) is 11.4. The average Bonchev–Trinajstić information content (AvgIpc) is 2.29. The van der Waals surface area contributed by atoms with Gasteiger partial charge < -0.3 is 0 Å². The molecule has 0 spiro atoms. The van der Waals surface area contributed by atoms with E-state index in [1.807, 2.05) is 12.1 Å². The Morgan fingerprint density at radius 3 is 1.65 bits per heavy atom. The van der Waals surface area contributed by atoms with Gasteiger partial charge in [-0.1, -0.05) is 35.9 Å². The van der Waals surface area contributed by atoms with Gasteiger partial charge in [-0.05, 0) is 35.4 Å². The maximum Gasteiger partial charge on any atom is 0.238 e. The molecule has 2 N–H and O–H groups in total. The molecular formula is C12H10ClNO2S. The van der Waals surface area contributed by atoms with Gasteiger partial charge in [0.25, 0.3) is 0 Å². The molecule has 2 aromatic rings. The fourth-order valence-corrected chi connectivity index (χ4v) is 2.12. The number of primary sulfonamides is 1. The van der Waals surface area contributed by atoms with Crippen molar-refractivity contribution in [2.24, 2.45) is 5.14 Å². The highest BCUT2D eigenvalue weighted by atomic mass is 35.5. The molecule has 0 aliphatic heterocycles. The van der Waals surface area contributed by atoms with Crippen LogP contribution < -0.4 is 5.14 Å². The number of halogens is 1. The van der Waals surface area contributed by atoms with Crippen LogP contribution in [0.15, 0.2) is 53.4 Å². The molecule has 0 unspecified atom stereocenters. The number of rotatable bonds is 2. The minimum absolute atomic E-state index is 0.107. The van der Waals surface area contributed by atoms with Gasteiger partial charge in [-0.2, -0.15) is 0 Å². The molecule has 0 atom stereocenters. The molecule has 88 valence electrons. The lowest BCUT2D eigenvalue weighted by molar-refractivity contribution is 0.598. The molecule has 2 aromatic carbocycles. The third-order valence-electron chi connectivity index (χ3n) is 2.36. The minimum atomic E-state index is -3.63. The zero-order valence-corrected chi connectivity index (χ0v) is 10.4. The number of nitrogens with two attached hydrogens (primary N) is 1. The zero-order valence-electron chi connectivity index (χ0n) is 8.80. The molecule has 0 saturated heterocycles. The first-order chi connectivity index (χ1) is 7.97. The van der Waals surface area contributed by atoms with Gasteiger partial charge in [-0.25, -0.2) is 13.6 Å². The van der Waals surface area contributed by atoms with E-state index in [0.717, 1.165) is 11.1 Å². The molecule has 0 fully saturated rings. The van der Waals surface area contributed by atoms with E-state index in [0.29, 0.717) is 5.02 Å². The van der Waals surface area contributed by atoms with Crippen molar-refractivity contribution in [2.45, 2.75) is 4.90 Å². The maximum absolute atomic E-state index is 11.1. The van der Waals surface area contributed by atoms with E-state index in [2.05, 4.69) is 0 Å². The average molecular weight is 268 g/mol. The summed E-state index contributed by atoms with van der Waals surface area (Å²) in [5.74, 6) is 0. The highest BCUT2D eigenvalue weighted by Crippen LogP contribution is 2.22. The Morgan fingerprint density at radius 1 is 0.824 bits per heavy atom. The van der Waals surface area contributed by atoms with Gasteiger partial charge >= 0.3 is 0 Å². The Kier molecular flexibility index (Phi) is 3.19. The highest BCUT2D eigenvalue weighted by Gasteiger charge is 2.07. The van der Waals surface area contributed by atoms with Gasteiger partial charge in [-0.15, -0.1) is 0 Å².